The Balaban J connectivity index is 0.000000791. The molecule has 0 aliphatic heterocycles. The Morgan fingerprint density at radius 3 is 1.79 bits per heavy atom. The number of hydrogen-bond donors (Lipinski definition) is 1. The molecule has 0 saturated heterocycles. The van der Waals surface area contributed by atoms with Crippen LogP contribution in [0.1, 0.15) is 66.2 Å². The molecule has 0 spiro atoms. The molecule has 0 bridgehead atoms. The molecule has 0 unspecified atom stereocenters. The van der Waals surface area contributed by atoms with Crippen LogP contribution in [-0.2, 0) is 0 Å². The Hall–Kier alpha value is -0.0400. The van der Waals surface area contributed by atoms with Crippen LogP contribution in [0.3, 0.4) is 0 Å². The second-order valence-electron chi connectivity index (χ2n) is 4.15. The monoisotopic (exact) mass is 200 g/mol. The highest BCUT2D eigenvalue weighted by Gasteiger charge is 2.24. The average Bonchev–Trinajstić information content (AvgIpc) is 2.25. The second kappa shape index (κ2) is 8.28. The summed E-state index contributed by atoms with van der Waals surface area (Å²) in [5.41, 5.74) is 0. The lowest BCUT2D eigenvalue weighted by molar-refractivity contribution is 0.0890. The van der Waals surface area contributed by atoms with E-state index in [9.17, 15) is 5.11 Å². The summed E-state index contributed by atoms with van der Waals surface area (Å²) in [5.74, 6) is 1.82. The Kier molecular flexibility index (Phi) is 8.26. The van der Waals surface area contributed by atoms with Gasteiger partial charge < -0.3 is 5.11 Å². The first-order chi connectivity index (χ1) is 6.77. The molecule has 0 aromatic heterocycles. The predicted octanol–water partition coefficient (Wildman–Crippen LogP) is 4.00. The Morgan fingerprint density at radius 2 is 1.43 bits per heavy atom. The smallest absolute Gasteiger partial charge is 0.0540 e. The minimum absolute atomic E-state index is 0.00983. The van der Waals surface area contributed by atoms with Gasteiger partial charge in [-0.2, -0.15) is 0 Å². The van der Waals surface area contributed by atoms with Crippen LogP contribution >= 0.6 is 0 Å². The van der Waals surface area contributed by atoms with Crippen LogP contribution in [0.15, 0.2) is 0 Å². The van der Waals surface area contributed by atoms with Gasteiger partial charge in [-0.15, -0.1) is 0 Å². The summed E-state index contributed by atoms with van der Waals surface area (Å²) in [6.07, 6.45) is 7.24. The summed E-state index contributed by atoms with van der Waals surface area (Å²) in [6.45, 7) is 8.58. The van der Waals surface area contributed by atoms with Gasteiger partial charge in [-0.1, -0.05) is 40.5 Å². The van der Waals surface area contributed by atoms with E-state index >= 15 is 0 Å². The molecule has 0 aromatic carbocycles. The largest absolute Gasteiger partial charge is 0.393 e. The van der Waals surface area contributed by atoms with Gasteiger partial charge in [0.1, 0.15) is 0 Å². The summed E-state index contributed by atoms with van der Waals surface area (Å²) in [6, 6.07) is 0. The summed E-state index contributed by atoms with van der Waals surface area (Å²) in [5, 5.41) is 9.35. The predicted molar refractivity (Wildman–Crippen MR) is 63.4 cm³/mol. The molecule has 0 aromatic rings. The molecule has 0 amide bonds. The van der Waals surface area contributed by atoms with Crippen molar-refractivity contribution >= 4 is 0 Å². The van der Waals surface area contributed by atoms with Crippen molar-refractivity contribution in [2.24, 2.45) is 11.8 Å². The molecule has 0 heterocycles. The van der Waals surface area contributed by atoms with Crippen LogP contribution in [0.25, 0.3) is 0 Å². The van der Waals surface area contributed by atoms with Gasteiger partial charge in [-0.3, -0.25) is 0 Å². The summed E-state index contributed by atoms with van der Waals surface area (Å²) in [7, 11) is 0. The molecule has 1 fully saturated rings. The molecule has 86 valence electrons. The van der Waals surface area contributed by atoms with E-state index in [-0.39, 0.29) is 6.10 Å². The second-order valence-corrected chi connectivity index (χ2v) is 4.15. The summed E-state index contributed by atoms with van der Waals surface area (Å²) in [4.78, 5) is 0. The van der Waals surface area contributed by atoms with E-state index in [2.05, 4.69) is 13.8 Å². The van der Waals surface area contributed by atoms with E-state index < -0.39 is 0 Å². The van der Waals surface area contributed by atoms with Crippen molar-refractivity contribution in [3.05, 3.63) is 0 Å². The SMILES string of the molecule is CC.CCC(CC)C1CCC(O)CC1. The third-order valence-corrected chi connectivity index (χ3v) is 3.46. The average molecular weight is 200 g/mol. The van der Waals surface area contributed by atoms with Gasteiger partial charge in [0.2, 0.25) is 0 Å². The van der Waals surface area contributed by atoms with Crippen molar-refractivity contribution in [1.82, 2.24) is 0 Å². The number of rotatable bonds is 3. The van der Waals surface area contributed by atoms with Crippen molar-refractivity contribution in [2.75, 3.05) is 0 Å². The van der Waals surface area contributed by atoms with Crippen LogP contribution in [0.4, 0.5) is 0 Å². The molecule has 0 radical (unpaired) electrons. The van der Waals surface area contributed by atoms with E-state index in [1.807, 2.05) is 13.8 Å². The minimum Gasteiger partial charge on any atom is -0.393 e. The van der Waals surface area contributed by atoms with E-state index in [1.165, 1.54) is 25.7 Å². The highest BCUT2D eigenvalue weighted by molar-refractivity contribution is 4.76. The molecule has 1 rings (SSSR count). The van der Waals surface area contributed by atoms with Crippen LogP contribution in [-0.4, -0.2) is 11.2 Å². The Labute approximate surface area is 89.9 Å². The lowest BCUT2D eigenvalue weighted by Crippen LogP contribution is -2.23. The first-order valence-electron chi connectivity index (χ1n) is 6.46. The van der Waals surface area contributed by atoms with Crippen LogP contribution in [0.5, 0.6) is 0 Å². The fourth-order valence-electron chi connectivity index (χ4n) is 2.53. The molecule has 1 saturated carbocycles. The lowest BCUT2D eigenvalue weighted by Gasteiger charge is -2.31. The van der Waals surface area contributed by atoms with Crippen LogP contribution < -0.4 is 0 Å². The first kappa shape index (κ1) is 14.0. The maximum atomic E-state index is 9.35. The van der Waals surface area contributed by atoms with Gasteiger partial charge >= 0.3 is 0 Å². The fourth-order valence-corrected chi connectivity index (χ4v) is 2.53. The van der Waals surface area contributed by atoms with Gasteiger partial charge in [0.15, 0.2) is 0 Å². The van der Waals surface area contributed by atoms with Crippen LogP contribution in [0.2, 0.25) is 0 Å². The standard InChI is InChI=1S/C11H22O.C2H6/c1-3-9(4-2)10-5-7-11(12)8-6-10;1-2/h9-12H,3-8H2,1-2H3;1-2H3. The van der Waals surface area contributed by atoms with Crippen molar-refractivity contribution < 1.29 is 5.11 Å². The van der Waals surface area contributed by atoms with Gasteiger partial charge in [0, 0.05) is 0 Å². The van der Waals surface area contributed by atoms with Crippen molar-refractivity contribution in [1.29, 1.82) is 0 Å². The van der Waals surface area contributed by atoms with Crippen LogP contribution in [0, 0.1) is 11.8 Å². The third kappa shape index (κ3) is 4.45. The number of aliphatic hydroxyl groups excluding tert-OH is 1. The molecular weight excluding hydrogens is 172 g/mol. The van der Waals surface area contributed by atoms with E-state index in [0.717, 1.165) is 24.7 Å². The molecule has 0 atom stereocenters. The van der Waals surface area contributed by atoms with Crippen molar-refractivity contribution in [2.45, 2.75) is 72.3 Å². The Morgan fingerprint density at radius 1 is 1.00 bits per heavy atom. The normalized spacial score (nSPS) is 27.0. The van der Waals surface area contributed by atoms with E-state index in [4.69, 9.17) is 0 Å². The molecule has 1 aliphatic rings. The lowest BCUT2D eigenvalue weighted by atomic mass is 9.77. The van der Waals surface area contributed by atoms with Gasteiger partial charge in [0.05, 0.1) is 6.10 Å². The van der Waals surface area contributed by atoms with Gasteiger partial charge in [-0.25, -0.2) is 0 Å². The summed E-state index contributed by atoms with van der Waals surface area (Å²) >= 11 is 0. The van der Waals surface area contributed by atoms with E-state index in [1.54, 1.807) is 0 Å². The highest BCUT2D eigenvalue weighted by Crippen LogP contribution is 2.33. The fraction of sp³-hybridized carbons (Fsp3) is 1.00. The van der Waals surface area contributed by atoms with Gasteiger partial charge in [-0.05, 0) is 37.5 Å². The van der Waals surface area contributed by atoms with Crippen molar-refractivity contribution in [3.63, 3.8) is 0 Å². The topological polar surface area (TPSA) is 20.2 Å². The summed E-state index contributed by atoms with van der Waals surface area (Å²) < 4.78 is 0. The molecule has 1 N–H and O–H groups in total. The minimum atomic E-state index is 0.00983. The number of hydrogen-bond acceptors (Lipinski definition) is 1. The van der Waals surface area contributed by atoms with E-state index in [0.29, 0.717) is 0 Å². The molecule has 1 nitrogen and oxygen atoms in total. The zero-order valence-electron chi connectivity index (χ0n) is 10.4. The molecule has 1 aliphatic carbocycles. The zero-order valence-corrected chi connectivity index (χ0v) is 10.4. The molecular formula is C13H28O. The third-order valence-electron chi connectivity index (χ3n) is 3.46. The van der Waals surface area contributed by atoms with Crippen molar-refractivity contribution in [3.8, 4) is 0 Å². The number of aliphatic hydroxyl groups is 1. The first-order valence-corrected chi connectivity index (χ1v) is 6.46. The maximum absolute atomic E-state index is 9.35. The zero-order chi connectivity index (χ0) is 11.0. The highest BCUT2D eigenvalue weighted by atomic mass is 16.3. The molecule has 1 heteroatoms. The molecule has 14 heavy (non-hydrogen) atoms. The maximum Gasteiger partial charge on any atom is 0.0540 e. The van der Waals surface area contributed by atoms with Gasteiger partial charge in [0.25, 0.3) is 0 Å². The Bertz CT molecular complexity index is 110. The quantitative estimate of drug-likeness (QED) is 0.730.